The van der Waals surface area contributed by atoms with Gasteiger partial charge in [-0.2, -0.15) is 4.39 Å². The number of aromatic amines is 1. The Kier molecular flexibility index (Phi) is 4.32. The maximum absolute atomic E-state index is 13.3. The van der Waals surface area contributed by atoms with Crippen LogP contribution >= 0.6 is 0 Å². The fourth-order valence-electron chi connectivity index (χ4n) is 2.00. The van der Waals surface area contributed by atoms with Crippen LogP contribution in [0.4, 0.5) is 10.1 Å². The summed E-state index contributed by atoms with van der Waals surface area (Å²) in [6.07, 6.45) is 2.47. The number of nitro groups is 1. The molecule has 0 amide bonds. The molecule has 1 heterocycles. The summed E-state index contributed by atoms with van der Waals surface area (Å²) in [6.45, 7) is 4.06. The largest absolute Gasteiger partial charge is 0.341 e. The van der Waals surface area contributed by atoms with Gasteiger partial charge in [0.2, 0.25) is 5.82 Å². The fraction of sp³-hybridized carbons (Fsp3) is 0.357. The van der Waals surface area contributed by atoms with Crippen molar-refractivity contribution in [3.8, 4) is 11.3 Å². The third kappa shape index (κ3) is 3.08. The van der Waals surface area contributed by atoms with Gasteiger partial charge in [-0.15, -0.1) is 0 Å². The number of hydrogen-bond acceptors (Lipinski definition) is 4. The van der Waals surface area contributed by atoms with Gasteiger partial charge in [0.15, 0.2) is 0 Å². The molecular formula is C14H17FN4O2. The number of hydrogen-bond donors (Lipinski definition) is 2. The highest BCUT2D eigenvalue weighted by molar-refractivity contribution is 5.62. The summed E-state index contributed by atoms with van der Waals surface area (Å²) >= 11 is 0. The van der Waals surface area contributed by atoms with Gasteiger partial charge in [-0.25, -0.2) is 4.98 Å². The lowest BCUT2D eigenvalue weighted by molar-refractivity contribution is -0.387. The number of rotatable bonds is 5. The summed E-state index contributed by atoms with van der Waals surface area (Å²) in [5.41, 5.74) is 6.59. The maximum Gasteiger partial charge on any atom is 0.305 e. The van der Waals surface area contributed by atoms with E-state index in [-0.39, 0.29) is 12.0 Å². The second-order valence-corrected chi connectivity index (χ2v) is 5.02. The predicted molar refractivity (Wildman–Crippen MR) is 77.0 cm³/mol. The SMILES string of the molecule is CCC(C)C(N)c1ncc(-c2ccc(F)c([N+](=O)[O-])c2)[nH]1. The topological polar surface area (TPSA) is 97.8 Å². The van der Waals surface area contributed by atoms with E-state index in [4.69, 9.17) is 5.73 Å². The molecule has 0 radical (unpaired) electrons. The molecule has 2 unspecified atom stereocenters. The number of nitrogens with zero attached hydrogens (tertiary/aromatic N) is 2. The number of nitro benzene ring substituents is 1. The summed E-state index contributed by atoms with van der Waals surface area (Å²) in [5.74, 6) is 0.0117. The van der Waals surface area contributed by atoms with Crippen molar-refractivity contribution >= 4 is 5.69 Å². The van der Waals surface area contributed by atoms with Crippen LogP contribution in [0.3, 0.4) is 0 Å². The minimum Gasteiger partial charge on any atom is -0.341 e. The average molecular weight is 292 g/mol. The first-order valence-electron chi connectivity index (χ1n) is 6.68. The Balaban J connectivity index is 2.34. The lowest BCUT2D eigenvalue weighted by atomic mass is 10.00. The van der Waals surface area contributed by atoms with Crippen molar-refractivity contribution < 1.29 is 9.31 Å². The first-order chi connectivity index (χ1) is 9.93. The minimum absolute atomic E-state index is 0.237. The Morgan fingerprint density at radius 2 is 2.24 bits per heavy atom. The lowest BCUT2D eigenvalue weighted by Gasteiger charge is -2.15. The summed E-state index contributed by atoms with van der Waals surface area (Å²) in [6, 6.07) is 3.48. The van der Waals surface area contributed by atoms with Crippen molar-refractivity contribution in [1.29, 1.82) is 0 Å². The van der Waals surface area contributed by atoms with E-state index in [1.54, 1.807) is 6.20 Å². The van der Waals surface area contributed by atoms with Crippen LogP contribution in [0.2, 0.25) is 0 Å². The van der Waals surface area contributed by atoms with Crippen LogP contribution in [-0.2, 0) is 0 Å². The van der Waals surface area contributed by atoms with Gasteiger partial charge in [0.1, 0.15) is 5.82 Å². The Bertz CT molecular complexity index is 656. The number of imidazole rings is 1. The van der Waals surface area contributed by atoms with Crippen molar-refractivity contribution in [2.24, 2.45) is 11.7 Å². The molecule has 21 heavy (non-hydrogen) atoms. The van der Waals surface area contributed by atoms with Gasteiger partial charge in [0, 0.05) is 11.6 Å². The zero-order chi connectivity index (χ0) is 15.6. The Hall–Kier alpha value is -2.28. The number of nitrogens with one attached hydrogen (secondary N) is 1. The van der Waals surface area contributed by atoms with E-state index in [2.05, 4.69) is 9.97 Å². The van der Waals surface area contributed by atoms with Crippen molar-refractivity contribution in [2.45, 2.75) is 26.3 Å². The molecule has 3 N–H and O–H groups in total. The highest BCUT2D eigenvalue weighted by Gasteiger charge is 2.19. The summed E-state index contributed by atoms with van der Waals surface area (Å²) in [5, 5.41) is 10.8. The highest BCUT2D eigenvalue weighted by Crippen LogP contribution is 2.27. The van der Waals surface area contributed by atoms with Crippen LogP contribution in [0.5, 0.6) is 0 Å². The molecule has 1 aromatic carbocycles. The molecule has 6 nitrogen and oxygen atoms in total. The third-order valence-electron chi connectivity index (χ3n) is 3.62. The van der Waals surface area contributed by atoms with Crippen LogP contribution < -0.4 is 5.73 Å². The number of nitrogens with two attached hydrogens (primary N) is 1. The Morgan fingerprint density at radius 1 is 1.52 bits per heavy atom. The molecular weight excluding hydrogens is 275 g/mol. The van der Waals surface area contributed by atoms with Gasteiger partial charge in [-0.3, -0.25) is 10.1 Å². The van der Waals surface area contributed by atoms with Crippen LogP contribution in [-0.4, -0.2) is 14.9 Å². The first-order valence-corrected chi connectivity index (χ1v) is 6.68. The van der Waals surface area contributed by atoms with E-state index in [0.717, 1.165) is 12.5 Å². The number of benzene rings is 1. The van der Waals surface area contributed by atoms with Crippen molar-refractivity contribution in [3.63, 3.8) is 0 Å². The molecule has 1 aromatic heterocycles. The van der Waals surface area contributed by atoms with E-state index in [1.165, 1.54) is 12.1 Å². The van der Waals surface area contributed by atoms with E-state index < -0.39 is 16.4 Å². The number of H-pyrrole nitrogens is 1. The van der Waals surface area contributed by atoms with E-state index in [0.29, 0.717) is 17.1 Å². The molecule has 0 aliphatic carbocycles. The molecule has 2 aromatic rings. The van der Waals surface area contributed by atoms with Crippen molar-refractivity contribution in [3.05, 3.63) is 46.2 Å². The standard InChI is InChI=1S/C14H17FN4O2/c1-3-8(2)13(16)14-17-7-11(18-14)9-4-5-10(15)12(6-9)19(20)21/h4-8,13H,3,16H2,1-2H3,(H,17,18). The summed E-state index contributed by atoms with van der Waals surface area (Å²) in [4.78, 5) is 17.3. The normalized spacial score (nSPS) is 13.9. The molecule has 0 aliphatic rings. The molecule has 2 atom stereocenters. The maximum atomic E-state index is 13.3. The summed E-state index contributed by atoms with van der Waals surface area (Å²) < 4.78 is 13.3. The van der Waals surface area contributed by atoms with Gasteiger partial charge in [0.05, 0.1) is 22.9 Å². The van der Waals surface area contributed by atoms with Crippen LogP contribution in [0.15, 0.2) is 24.4 Å². The predicted octanol–water partition coefficient (Wildman–Crippen LogP) is 3.17. The number of aromatic nitrogens is 2. The molecule has 0 aliphatic heterocycles. The van der Waals surface area contributed by atoms with Crippen molar-refractivity contribution in [1.82, 2.24) is 9.97 Å². The van der Waals surface area contributed by atoms with Gasteiger partial charge < -0.3 is 10.7 Å². The molecule has 2 rings (SSSR count). The first kappa shape index (κ1) is 15.1. The molecule has 0 spiro atoms. The molecule has 0 saturated heterocycles. The lowest BCUT2D eigenvalue weighted by Crippen LogP contribution is -2.19. The van der Waals surface area contributed by atoms with Gasteiger partial charge in [0.25, 0.3) is 0 Å². The fourth-order valence-corrected chi connectivity index (χ4v) is 2.00. The zero-order valence-corrected chi connectivity index (χ0v) is 11.8. The van der Waals surface area contributed by atoms with E-state index in [1.807, 2.05) is 13.8 Å². The molecule has 7 heteroatoms. The van der Waals surface area contributed by atoms with Gasteiger partial charge in [-0.05, 0) is 18.1 Å². The van der Waals surface area contributed by atoms with Gasteiger partial charge >= 0.3 is 5.69 Å². The van der Waals surface area contributed by atoms with Crippen LogP contribution in [0.1, 0.15) is 32.1 Å². The van der Waals surface area contributed by atoms with E-state index in [9.17, 15) is 14.5 Å². The molecule has 0 saturated carbocycles. The summed E-state index contributed by atoms with van der Waals surface area (Å²) in [7, 11) is 0. The Morgan fingerprint density at radius 3 is 2.86 bits per heavy atom. The quantitative estimate of drug-likeness (QED) is 0.653. The monoisotopic (exact) mass is 292 g/mol. The number of halogens is 1. The molecule has 112 valence electrons. The van der Waals surface area contributed by atoms with E-state index >= 15 is 0 Å². The smallest absolute Gasteiger partial charge is 0.305 e. The minimum atomic E-state index is -0.861. The van der Waals surface area contributed by atoms with Crippen LogP contribution in [0, 0.1) is 21.8 Å². The second kappa shape index (κ2) is 6.01. The average Bonchev–Trinajstić information content (AvgIpc) is 2.95. The van der Waals surface area contributed by atoms with Crippen molar-refractivity contribution in [2.75, 3.05) is 0 Å². The third-order valence-corrected chi connectivity index (χ3v) is 3.62. The van der Waals surface area contributed by atoms with Crippen LogP contribution in [0.25, 0.3) is 11.3 Å². The molecule has 0 fully saturated rings. The molecule has 0 bridgehead atoms. The Labute approximate surface area is 121 Å². The zero-order valence-electron chi connectivity index (χ0n) is 11.8. The highest BCUT2D eigenvalue weighted by atomic mass is 19.1. The second-order valence-electron chi connectivity index (χ2n) is 5.02. The van der Waals surface area contributed by atoms with Gasteiger partial charge in [-0.1, -0.05) is 20.3 Å².